The van der Waals surface area contributed by atoms with Crippen LogP contribution in [0.15, 0.2) is 48.0 Å². The molecule has 0 bridgehead atoms. The van der Waals surface area contributed by atoms with E-state index in [9.17, 15) is 4.79 Å². The monoisotopic (exact) mass is 217 g/mol. The van der Waals surface area contributed by atoms with Crippen molar-refractivity contribution in [2.75, 3.05) is 6.54 Å². The lowest BCUT2D eigenvalue weighted by atomic mass is 10.2. The normalized spacial score (nSPS) is 10.2. The molecule has 0 unspecified atom stereocenters. The van der Waals surface area contributed by atoms with Crippen LogP contribution in [0.3, 0.4) is 0 Å². The number of hydrogen-bond donors (Lipinski definition) is 1. The summed E-state index contributed by atoms with van der Waals surface area (Å²) < 4.78 is 0. The first-order valence-electron chi connectivity index (χ1n) is 4.95. The molecule has 16 heavy (non-hydrogen) atoms. The smallest absolute Gasteiger partial charge is 0.320 e. The maximum absolute atomic E-state index is 10.9. The third-order valence-corrected chi connectivity index (χ3v) is 1.95. The Kier molecular flexibility index (Phi) is 4.79. The second-order valence-electron chi connectivity index (χ2n) is 3.22. The number of rotatable bonds is 5. The first-order chi connectivity index (χ1) is 7.74. The first-order valence-corrected chi connectivity index (χ1v) is 4.95. The fraction of sp³-hybridized carbons (Fsp3) is 0.167. The number of carbonyl (C=O) groups excluding carboxylic acids is 1. The SMILES string of the molecule is C=CCN(C=NCc1ccccc1)C(N)=O. The van der Waals surface area contributed by atoms with E-state index in [0.29, 0.717) is 13.1 Å². The molecule has 0 aromatic heterocycles. The fourth-order valence-electron chi connectivity index (χ4n) is 1.16. The maximum atomic E-state index is 10.9. The fourth-order valence-corrected chi connectivity index (χ4v) is 1.16. The standard InChI is InChI=1S/C12H15N3O/c1-2-8-15(12(13)16)10-14-9-11-6-4-3-5-7-11/h2-7,10H,1,8-9H2,(H2,13,16). The molecule has 1 aromatic carbocycles. The molecular formula is C12H15N3O. The van der Waals surface area contributed by atoms with Gasteiger partial charge in [-0.3, -0.25) is 9.89 Å². The number of nitrogens with zero attached hydrogens (tertiary/aromatic N) is 2. The number of primary amides is 1. The van der Waals surface area contributed by atoms with Gasteiger partial charge in [0.1, 0.15) is 0 Å². The number of hydrogen-bond acceptors (Lipinski definition) is 2. The molecule has 0 saturated heterocycles. The average Bonchev–Trinajstić information content (AvgIpc) is 2.29. The summed E-state index contributed by atoms with van der Waals surface area (Å²) in [7, 11) is 0. The lowest BCUT2D eigenvalue weighted by Gasteiger charge is -2.11. The van der Waals surface area contributed by atoms with Crippen molar-refractivity contribution < 1.29 is 4.79 Å². The van der Waals surface area contributed by atoms with Gasteiger partial charge in [-0.1, -0.05) is 36.4 Å². The van der Waals surface area contributed by atoms with E-state index in [4.69, 9.17) is 5.73 Å². The zero-order valence-corrected chi connectivity index (χ0v) is 9.04. The molecule has 0 saturated carbocycles. The Labute approximate surface area is 95.1 Å². The van der Waals surface area contributed by atoms with Gasteiger partial charge < -0.3 is 5.73 Å². The van der Waals surface area contributed by atoms with Crippen molar-refractivity contribution >= 4 is 12.4 Å². The number of aliphatic imine (C=N–C) groups is 1. The molecule has 0 atom stereocenters. The highest BCUT2D eigenvalue weighted by Crippen LogP contribution is 1.99. The highest BCUT2D eigenvalue weighted by molar-refractivity contribution is 5.85. The average molecular weight is 217 g/mol. The van der Waals surface area contributed by atoms with Gasteiger partial charge in [-0.25, -0.2) is 4.79 Å². The summed E-state index contributed by atoms with van der Waals surface area (Å²) in [5.74, 6) is 0. The van der Waals surface area contributed by atoms with E-state index in [2.05, 4.69) is 11.6 Å². The Balaban J connectivity index is 2.52. The van der Waals surface area contributed by atoms with Crippen LogP contribution in [0.5, 0.6) is 0 Å². The molecule has 2 amide bonds. The molecule has 2 N–H and O–H groups in total. The molecule has 0 spiro atoms. The second kappa shape index (κ2) is 6.40. The van der Waals surface area contributed by atoms with Gasteiger partial charge >= 0.3 is 6.03 Å². The van der Waals surface area contributed by atoms with Gasteiger partial charge in [-0.15, -0.1) is 6.58 Å². The molecule has 0 heterocycles. The van der Waals surface area contributed by atoms with Crippen LogP contribution in [-0.2, 0) is 6.54 Å². The molecule has 4 heteroatoms. The van der Waals surface area contributed by atoms with E-state index >= 15 is 0 Å². The second-order valence-corrected chi connectivity index (χ2v) is 3.22. The number of benzene rings is 1. The van der Waals surface area contributed by atoms with Gasteiger partial charge in [0.15, 0.2) is 0 Å². The van der Waals surface area contributed by atoms with Gasteiger partial charge in [0.05, 0.1) is 12.9 Å². The predicted molar refractivity (Wildman–Crippen MR) is 65.1 cm³/mol. The largest absolute Gasteiger partial charge is 0.351 e. The Morgan fingerprint density at radius 2 is 2.12 bits per heavy atom. The minimum Gasteiger partial charge on any atom is -0.351 e. The van der Waals surface area contributed by atoms with Crippen LogP contribution in [0.2, 0.25) is 0 Å². The first kappa shape index (κ1) is 12.0. The Morgan fingerprint density at radius 1 is 1.44 bits per heavy atom. The van der Waals surface area contributed by atoms with E-state index in [0.717, 1.165) is 5.56 Å². The maximum Gasteiger partial charge on any atom is 0.320 e. The number of nitrogens with two attached hydrogens (primary N) is 1. The van der Waals surface area contributed by atoms with Crippen LogP contribution in [0, 0.1) is 0 Å². The van der Waals surface area contributed by atoms with Crippen LogP contribution in [0.1, 0.15) is 5.56 Å². The molecule has 0 aliphatic heterocycles. The van der Waals surface area contributed by atoms with E-state index in [1.807, 2.05) is 30.3 Å². The lowest BCUT2D eigenvalue weighted by Crippen LogP contribution is -2.34. The molecule has 4 nitrogen and oxygen atoms in total. The van der Waals surface area contributed by atoms with Crippen LogP contribution < -0.4 is 5.73 Å². The third-order valence-electron chi connectivity index (χ3n) is 1.95. The van der Waals surface area contributed by atoms with E-state index in [1.54, 1.807) is 6.08 Å². The molecule has 0 fully saturated rings. The van der Waals surface area contributed by atoms with Crippen molar-refractivity contribution in [3.63, 3.8) is 0 Å². The van der Waals surface area contributed by atoms with Crippen molar-refractivity contribution in [1.82, 2.24) is 4.90 Å². The molecule has 0 aliphatic carbocycles. The molecular weight excluding hydrogens is 202 g/mol. The van der Waals surface area contributed by atoms with Crippen molar-refractivity contribution in [2.45, 2.75) is 6.54 Å². The third kappa shape index (κ3) is 3.96. The summed E-state index contributed by atoms with van der Waals surface area (Å²) >= 11 is 0. The van der Waals surface area contributed by atoms with Crippen LogP contribution >= 0.6 is 0 Å². The topological polar surface area (TPSA) is 58.7 Å². The molecule has 0 aliphatic rings. The van der Waals surface area contributed by atoms with Gasteiger partial charge in [-0.05, 0) is 5.56 Å². The van der Waals surface area contributed by atoms with Crippen molar-refractivity contribution in [2.24, 2.45) is 10.7 Å². The minimum absolute atomic E-state index is 0.369. The van der Waals surface area contributed by atoms with Crippen LogP contribution in [0.25, 0.3) is 0 Å². The van der Waals surface area contributed by atoms with E-state index in [-0.39, 0.29) is 0 Å². The zero-order chi connectivity index (χ0) is 11.8. The number of carbonyl (C=O) groups is 1. The Morgan fingerprint density at radius 3 is 2.69 bits per heavy atom. The minimum atomic E-state index is -0.531. The summed E-state index contributed by atoms with van der Waals surface area (Å²) in [6.07, 6.45) is 3.04. The van der Waals surface area contributed by atoms with E-state index < -0.39 is 6.03 Å². The van der Waals surface area contributed by atoms with Crippen molar-refractivity contribution in [3.8, 4) is 0 Å². The number of urea groups is 1. The molecule has 1 aromatic rings. The Hall–Kier alpha value is -2.10. The van der Waals surface area contributed by atoms with Crippen LogP contribution in [-0.4, -0.2) is 23.8 Å². The van der Waals surface area contributed by atoms with Gasteiger partial charge in [0.2, 0.25) is 0 Å². The van der Waals surface area contributed by atoms with Crippen molar-refractivity contribution in [1.29, 1.82) is 0 Å². The van der Waals surface area contributed by atoms with Gasteiger partial charge in [-0.2, -0.15) is 0 Å². The highest BCUT2D eigenvalue weighted by atomic mass is 16.2. The molecule has 1 rings (SSSR count). The van der Waals surface area contributed by atoms with Gasteiger partial charge in [0, 0.05) is 6.54 Å². The van der Waals surface area contributed by atoms with Crippen LogP contribution in [0.4, 0.5) is 4.79 Å². The summed E-state index contributed by atoms with van der Waals surface area (Å²) in [5.41, 5.74) is 6.24. The Bertz CT molecular complexity index is 373. The quantitative estimate of drug-likeness (QED) is 0.456. The number of amides is 2. The van der Waals surface area contributed by atoms with E-state index in [1.165, 1.54) is 11.2 Å². The molecule has 84 valence electrons. The van der Waals surface area contributed by atoms with Crippen molar-refractivity contribution in [3.05, 3.63) is 48.6 Å². The lowest BCUT2D eigenvalue weighted by molar-refractivity contribution is 0.233. The summed E-state index contributed by atoms with van der Waals surface area (Å²) in [6, 6.07) is 9.25. The highest BCUT2D eigenvalue weighted by Gasteiger charge is 2.02. The van der Waals surface area contributed by atoms with Gasteiger partial charge in [0.25, 0.3) is 0 Å². The summed E-state index contributed by atoms with van der Waals surface area (Å²) in [6.45, 7) is 4.44. The summed E-state index contributed by atoms with van der Waals surface area (Å²) in [5, 5.41) is 0. The summed E-state index contributed by atoms with van der Waals surface area (Å²) in [4.78, 5) is 16.4. The molecule has 0 radical (unpaired) electrons. The predicted octanol–water partition coefficient (Wildman–Crippen LogP) is 1.78. The zero-order valence-electron chi connectivity index (χ0n) is 9.04.